The van der Waals surface area contributed by atoms with Crippen LogP contribution in [-0.2, 0) is 15.4 Å². The molecule has 0 unspecified atom stereocenters. The third-order valence-electron chi connectivity index (χ3n) is 2.11. The maximum atomic E-state index is 11.9. The molecule has 1 aromatic carbocycles. The number of hydrogen-bond acceptors (Lipinski definition) is 3. The summed E-state index contributed by atoms with van der Waals surface area (Å²) in [6.45, 7) is 0.384. The Morgan fingerprint density at radius 2 is 2.00 bits per heavy atom. The van der Waals surface area contributed by atoms with Gasteiger partial charge in [-0.05, 0) is 17.7 Å². The van der Waals surface area contributed by atoms with Crippen LogP contribution >= 0.6 is 27.7 Å². The van der Waals surface area contributed by atoms with E-state index in [9.17, 15) is 8.42 Å². The molecule has 98 valence electrons. The summed E-state index contributed by atoms with van der Waals surface area (Å²) in [5.74, 6) is 3.76. The van der Waals surface area contributed by atoms with Crippen LogP contribution in [0.3, 0.4) is 0 Å². The Bertz CT molecular complexity index is 506. The van der Waals surface area contributed by atoms with E-state index in [1.165, 1.54) is 11.8 Å². The zero-order valence-electron chi connectivity index (χ0n) is 9.73. The van der Waals surface area contributed by atoms with Crippen LogP contribution in [0, 0.1) is 12.3 Å². The molecule has 0 heterocycles. The number of benzene rings is 1. The van der Waals surface area contributed by atoms with Crippen LogP contribution in [0.1, 0.15) is 5.56 Å². The van der Waals surface area contributed by atoms with Crippen molar-refractivity contribution in [3.8, 4) is 12.3 Å². The second-order valence-electron chi connectivity index (χ2n) is 3.43. The van der Waals surface area contributed by atoms with Gasteiger partial charge in [-0.3, -0.25) is 0 Å². The molecule has 18 heavy (non-hydrogen) atoms. The Labute approximate surface area is 121 Å². The van der Waals surface area contributed by atoms with Crippen LogP contribution < -0.4 is 4.72 Å². The third kappa shape index (κ3) is 5.02. The van der Waals surface area contributed by atoms with Gasteiger partial charge in [0.05, 0.1) is 10.6 Å². The summed E-state index contributed by atoms with van der Waals surface area (Å²) in [6, 6.07) is 6.79. The molecular weight excluding hydrogens is 334 g/mol. The van der Waals surface area contributed by atoms with Gasteiger partial charge in [0.2, 0.25) is 10.0 Å². The van der Waals surface area contributed by atoms with Crippen molar-refractivity contribution in [2.45, 2.75) is 10.2 Å². The van der Waals surface area contributed by atoms with E-state index in [-0.39, 0.29) is 4.90 Å². The summed E-state index contributed by atoms with van der Waals surface area (Å²) in [6.07, 6.45) is 5.10. The fraction of sp³-hybridized carbons (Fsp3) is 0.333. The van der Waals surface area contributed by atoms with Gasteiger partial charge in [-0.25, -0.2) is 13.1 Å². The molecule has 1 rings (SSSR count). The van der Waals surface area contributed by atoms with Gasteiger partial charge >= 0.3 is 0 Å². The summed E-state index contributed by atoms with van der Waals surface area (Å²) < 4.78 is 26.3. The SMILES string of the molecule is C#CCSCCNS(=O)(=O)c1ccc(CBr)cc1. The number of sulfonamides is 1. The predicted molar refractivity (Wildman–Crippen MR) is 80.4 cm³/mol. The van der Waals surface area contributed by atoms with Crippen LogP contribution in [-0.4, -0.2) is 26.5 Å². The van der Waals surface area contributed by atoms with Gasteiger partial charge in [-0.15, -0.1) is 18.2 Å². The molecule has 0 aromatic heterocycles. The molecule has 1 N–H and O–H groups in total. The molecule has 0 fully saturated rings. The molecule has 0 aliphatic heterocycles. The third-order valence-corrected chi connectivity index (χ3v) is 5.10. The Balaban J connectivity index is 2.55. The number of nitrogens with one attached hydrogen (secondary N) is 1. The molecule has 6 heteroatoms. The van der Waals surface area contributed by atoms with E-state index in [0.717, 1.165) is 5.56 Å². The highest BCUT2D eigenvalue weighted by Crippen LogP contribution is 2.12. The Hall–Kier alpha value is -0.480. The van der Waals surface area contributed by atoms with Crippen LogP contribution in [0.5, 0.6) is 0 Å². The summed E-state index contributed by atoms with van der Waals surface area (Å²) in [5, 5.41) is 0.712. The van der Waals surface area contributed by atoms with Crippen molar-refractivity contribution in [3.63, 3.8) is 0 Å². The summed E-state index contributed by atoms with van der Waals surface area (Å²) in [7, 11) is -3.40. The van der Waals surface area contributed by atoms with Crippen molar-refractivity contribution in [2.75, 3.05) is 18.1 Å². The van der Waals surface area contributed by atoms with E-state index in [1.54, 1.807) is 24.3 Å². The standard InChI is InChI=1S/C12H14BrNO2S2/c1-2-8-17-9-7-14-18(15,16)12-5-3-11(10-13)4-6-12/h1,3-6,14H,7-10H2. The average molecular weight is 348 g/mol. The first-order valence-corrected chi connectivity index (χ1v) is 9.02. The second kappa shape index (κ2) is 7.85. The van der Waals surface area contributed by atoms with E-state index >= 15 is 0 Å². The molecule has 3 nitrogen and oxygen atoms in total. The number of hydrogen-bond donors (Lipinski definition) is 1. The van der Waals surface area contributed by atoms with E-state index in [0.29, 0.717) is 23.4 Å². The molecule has 0 atom stereocenters. The summed E-state index contributed by atoms with van der Waals surface area (Å²) in [5.41, 5.74) is 1.04. The first kappa shape index (κ1) is 15.6. The van der Waals surface area contributed by atoms with Gasteiger partial charge in [0, 0.05) is 17.6 Å². The molecule has 0 aliphatic rings. The van der Waals surface area contributed by atoms with Gasteiger partial charge < -0.3 is 0 Å². The lowest BCUT2D eigenvalue weighted by atomic mass is 10.2. The molecule has 0 radical (unpaired) electrons. The first-order valence-electron chi connectivity index (χ1n) is 5.26. The quantitative estimate of drug-likeness (QED) is 0.467. The lowest BCUT2D eigenvalue weighted by Gasteiger charge is -2.06. The Kier molecular flexibility index (Phi) is 6.79. The van der Waals surface area contributed by atoms with Crippen molar-refractivity contribution in [3.05, 3.63) is 29.8 Å². The van der Waals surface area contributed by atoms with Crippen LogP contribution in [0.4, 0.5) is 0 Å². The minimum Gasteiger partial charge on any atom is -0.210 e. The maximum Gasteiger partial charge on any atom is 0.240 e. The van der Waals surface area contributed by atoms with Gasteiger partial charge in [0.25, 0.3) is 0 Å². The van der Waals surface area contributed by atoms with Crippen LogP contribution in [0.2, 0.25) is 0 Å². The van der Waals surface area contributed by atoms with Crippen LogP contribution in [0.25, 0.3) is 0 Å². The second-order valence-corrected chi connectivity index (χ2v) is 6.86. The highest BCUT2D eigenvalue weighted by atomic mass is 79.9. The number of halogens is 1. The number of alkyl halides is 1. The Morgan fingerprint density at radius 1 is 1.33 bits per heavy atom. The minimum atomic E-state index is -3.40. The largest absolute Gasteiger partial charge is 0.240 e. The van der Waals surface area contributed by atoms with Crippen molar-refractivity contribution < 1.29 is 8.42 Å². The van der Waals surface area contributed by atoms with Gasteiger partial charge in [-0.1, -0.05) is 34.0 Å². The lowest BCUT2D eigenvalue weighted by Crippen LogP contribution is -2.26. The van der Waals surface area contributed by atoms with Crippen molar-refractivity contribution in [2.24, 2.45) is 0 Å². The lowest BCUT2D eigenvalue weighted by molar-refractivity contribution is 0.584. The summed E-state index contributed by atoms with van der Waals surface area (Å²) in [4.78, 5) is 0.286. The van der Waals surface area contributed by atoms with Gasteiger partial charge in [0.15, 0.2) is 0 Å². The summed E-state index contributed by atoms with van der Waals surface area (Å²) >= 11 is 4.84. The van der Waals surface area contributed by atoms with Crippen molar-refractivity contribution >= 4 is 37.7 Å². The zero-order chi connectivity index (χ0) is 13.4. The monoisotopic (exact) mass is 347 g/mol. The van der Waals surface area contributed by atoms with E-state index < -0.39 is 10.0 Å². The number of terminal acetylenes is 1. The maximum absolute atomic E-state index is 11.9. The fourth-order valence-corrected chi connectivity index (χ4v) is 3.26. The molecule has 0 amide bonds. The van der Waals surface area contributed by atoms with Gasteiger partial charge in [0.1, 0.15) is 0 Å². The molecule has 0 saturated carbocycles. The van der Waals surface area contributed by atoms with Gasteiger partial charge in [-0.2, -0.15) is 0 Å². The zero-order valence-corrected chi connectivity index (χ0v) is 12.9. The fourth-order valence-electron chi connectivity index (χ4n) is 1.22. The minimum absolute atomic E-state index is 0.286. The molecular formula is C12H14BrNO2S2. The van der Waals surface area contributed by atoms with E-state index in [2.05, 4.69) is 26.6 Å². The highest BCUT2D eigenvalue weighted by Gasteiger charge is 2.12. The number of rotatable bonds is 7. The molecule has 0 bridgehead atoms. The normalized spacial score (nSPS) is 11.1. The van der Waals surface area contributed by atoms with Crippen molar-refractivity contribution in [1.29, 1.82) is 0 Å². The first-order chi connectivity index (χ1) is 8.60. The van der Waals surface area contributed by atoms with E-state index in [1.807, 2.05) is 0 Å². The van der Waals surface area contributed by atoms with E-state index in [4.69, 9.17) is 6.42 Å². The smallest absolute Gasteiger partial charge is 0.210 e. The molecule has 0 spiro atoms. The van der Waals surface area contributed by atoms with Crippen LogP contribution in [0.15, 0.2) is 29.2 Å². The highest BCUT2D eigenvalue weighted by molar-refractivity contribution is 9.08. The average Bonchev–Trinajstić information content (AvgIpc) is 2.38. The molecule has 1 aromatic rings. The molecule has 0 aliphatic carbocycles. The predicted octanol–water partition coefficient (Wildman–Crippen LogP) is 2.23. The molecule has 0 saturated heterocycles. The number of thioether (sulfide) groups is 1. The Morgan fingerprint density at radius 3 is 2.56 bits per heavy atom. The van der Waals surface area contributed by atoms with Crippen molar-refractivity contribution in [1.82, 2.24) is 4.72 Å². The topological polar surface area (TPSA) is 46.2 Å².